The van der Waals surface area contributed by atoms with Crippen LogP contribution in [0.15, 0.2) is 29.4 Å². The summed E-state index contributed by atoms with van der Waals surface area (Å²) in [6.45, 7) is 2.59. The van der Waals surface area contributed by atoms with Crippen LogP contribution < -0.4 is 5.73 Å². The summed E-state index contributed by atoms with van der Waals surface area (Å²) in [7, 11) is 1.84. The number of amidine groups is 1. The average Bonchev–Trinajstić information content (AvgIpc) is 2.93. The largest absolute Gasteiger partial charge is 0.409 e. The minimum Gasteiger partial charge on any atom is -0.409 e. The monoisotopic (exact) mass is 289 g/mol. The second kappa shape index (κ2) is 6.16. The van der Waals surface area contributed by atoms with Gasteiger partial charge in [0, 0.05) is 24.6 Å². The Bertz CT molecular complexity index is 548. The first-order valence-electron chi connectivity index (χ1n) is 7.29. The van der Waals surface area contributed by atoms with Gasteiger partial charge in [-0.05, 0) is 24.5 Å². The Kier molecular flexibility index (Phi) is 4.50. The molecule has 0 aromatic heterocycles. The molecule has 1 saturated carbocycles. The second-order valence-corrected chi connectivity index (χ2v) is 6.11. The van der Waals surface area contributed by atoms with Gasteiger partial charge in [0.2, 0.25) is 5.91 Å². The van der Waals surface area contributed by atoms with E-state index in [1.807, 2.05) is 25.2 Å². The summed E-state index contributed by atoms with van der Waals surface area (Å²) in [6.07, 6.45) is 4.21. The number of hydrogen-bond donors (Lipinski definition) is 2. The van der Waals surface area contributed by atoms with Gasteiger partial charge in [-0.1, -0.05) is 43.1 Å². The normalized spacial score (nSPS) is 17.7. The number of nitrogens with zero attached hydrogens (tertiary/aromatic N) is 2. The number of amides is 1. The predicted octanol–water partition coefficient (Wildman–Crippen LogP) is 2.32. The third-order valence-electron chi connectivity index (χ3n) is 4.32. The van der Waals surface area contributed by atoms with Gasteiger partial charge in [0.25, 0.3) is 0 Å². The molecule has 1 amide bonds. The Morgan fingerprint density at radius 1 is 1.43 bits per heavy atom. The first-order valence-corrected chi connectivity index (χ1v) is 7.29. The van der Waals surface area contributed by atoms with Crippen LogP contribution in [0.3, 0.4) is 0 Å². The highest BCUT2D eigenvalue weighted by Crippen LogP contribution is 2.39. The molecule has 0 saturated heterocycles. The number of benzene rings is 1. The molecule has 1 aromatic rings. The zero-order valence-corrected chi connectivity index (χ0v) is 12.7. The lowest BCUT2D eigenvalue weighted by atomic mass is 9.87. The molecule has 21 heavy (non-hydrogen) atoms. The van der Waals surface area contributed by atoms with Crippen molar-refractivity contribution < 1.29 is 10.0 Å². The molecule has 3 N–H and O–H groups in total. The molecule has 0 spiro atoms. The van der Waals surface area contributed by atoms with Gasteiger partial charge in [0.05, 0.1) is 0 Å². The van der Waals surface area contributed by atoms with Gasteiger partial charge in [0.1, 0.15) is 0 Å². The number of carbonyl (C=O) groups is 1. The zero-order valence-electron chi connectivity index (χ0n) is 12.7. The van der Waals surface area contributed by atoms with Crippen LogP contribution in [0.25, 0.3) is 0 Å². The Hall–Kier alpha value is -2.04. The summed E-state index contributed by atoms with van der Waals surface area (Å²) in [4.78, 5) is 14.4. The lowest BCUT2D eigenvalue weighted by Gasteiger charge is -2.29. The first-order chi connectivity index (χ1) is 9.96. The highest BCUT2D eigenvalue weighted by Gasteiger charge is 2.37. The Morgan fingerprint density at radius 2 is 2.10 bits per heavy atom. The molecule has 2 rings (SSSR count). The number of carbonyl (C=O) groups excluding carboxylic acids is 1. The van der Waals surface area contributed by atoms with E-state index < -0.39 is 0 Å². The van der Waals surface area contributed by atoms with Gasteiger partial charge in [0.15, 0.2) is 5.84 Å². The van der Waals surface area contributed by atoms with Crippen molar-refractivity contribution in [1.82, 2.24) is 4.90 Å². The van der Waals surface area contributed by atoms with Crippen molar-refractivity contribution in [2.45, 2.75) is 39.2 Å². The Morgan fingerprint density at radius 3 is 2.71 bits per heavy atom. The number of nitrogens with two attached hydrogens (primary N) is 1. The quantitative estimate of drug-likeness (QED) is 0.386. The Labute approximate surface area is 125 Å². The highest BCUT2D eigenvalue weighted by atomic mass is 16.4. The van der Waals surface area contributed by atoms with Gasteiger partial charge < -0.3 is 15.8 Å². The maximum Gasteiger partial charge on any atom is 0.228 e. The van der Waals surface area contributed by atoms with E-state index in [4.69, 9.17) is 10.9 Å². The molecular formula is C16H23N3O2. The minimum absolute atomic E-state index is 0.0774. The standard InChI is InChI=1S/C16H23N3O2/c1-16(8-3-4-9-16)15(20)19(2)11-12-6-5-7-13(10-12)14(17)18-21/h5-7,10,21H,3-4,8-9,11H2,1-2H3,(H2,17,18). The van der Waals surface area contributed by atoms with Crippen molar-refractivity contribution in [3.63, 3.8) is 0 Å². The summed E-state index contributed by atoms with van der Waals surface area (Å²) in [5.41, 5.74) is 7.01. The number of hydrogen-bond acceptors (Lipinski definition) is 3. The zero-order chi connectivity index (χ0) is 15.5. The fourth-order valence-corrected chi connectivity index (χ4v) is 3.06. The number of oxime groups is 1. The fourth-order valence-electron chi connectivity index (χ4n) is 3.06. The van der Waals surface area contributed by atoms with E-state index in [0.29, 0.717) is 12.1 Å². The van der Waals surface area contributed by atoms with Crippen molar-refractivity contribution in [3.05, 3.63) is 35.4 Å². The summed E-state index contributed by atoms with van der Waals surface area (Å²) in [6, 6.07) is 7.40. The molecule has 5 nitrogen and oxygen atoms in total. The van der Waals surface area contributed by atoms with Crippen LogP contribution in [0, 0.1) is 5.41 Å². The molecule has 1 aliphatic carbocycles. The minimum atomic E-state index is -0.210. The summed E-state index contributed by atoms with van der Waals surface area (Å²) in [5, 5.41) is 11.7. The molecule has 0 unspecified atom stereocenters. The third kappa shape index (κ3) is 3.35. The van der Waals surface area contributed by atoms with E-state index in [1.165, 1.54) is 0 Å². The predicted molar refractivity (Wildman–Crippen MR) is 82.0 cm³/mol. The number of rotatable bonds is 4. The van der Waals surface area contributed by atoms with Crippen LogP contribution in [-0.2, 0) is 11.3 Å². The van der Waals surface area contributed by atoms with E-state index in [0.717, 1.165) is 31.2 Å². The van der Waals surface area contributed by atoms with Crippen molar-refractivity contribution >= 4 is 11.7 Å². The van der Waals surface area contributed by atoms with Crippen molar-refractivity contribution in [3.8, 4) is 0 Å². The first kappa shape index (κ1) is 15.4. The second-order valence-electron chi connectivity index (χ2n) is 6.11. The molecule has 5 heteroatoms. The van der Waals surface area contributed by atoms with Gasteiger partial charge in [-0.3, -0.25) is 4.79 Å². The van der Waals surface area contributed by atoms with Gasteiger partial charge in [-0.2, -0.15) is 0 Å². The van der Waals surface area contributed by atoms with E-state index in [2.05, 4.69) is 12.1 Å². The SMILES string of the molecule is CN(Cc1cccc(/C(N)=N/O)c1)C(=O)C1(C)CCCC1. The molecular weight excluding hydrogens is 266 g/mol. The van der Waals surface area contributed by atoms with Crippen LogP contribution in [0.1, 0.15) is 43.7 Å². The molecule has 0 aliphatic heterocycles. The smallest absolute Gasteiger partial charge is 0.228 e. The molecule has 0 bridgehead atoms. The third-order valence-corrected chi connectivity index (χ3v) is 4.32. The van der Waals surface area contributed by atoms with Crippen LogP contribution in [0.5, 0.6) is 0 Å². The van der Waals surface area contributed by atoms with Gasteiger partial charge in [-0.25, -0.2) is 0 Å². The average molecular weight is 289 g/mol. The Balaban J connectivity index is 2.09. The molecule has 1 aromatic carbocycles. The van der Waals surface area contributed by atoms with Crippen molar-refractivity contribution in [2.24, 2.45) is 16.3 Å². The molecule has 0 atom stereocenters. The van der Waals surface area contributed by atoms with Crippen molar-refractivity contribution in [2.75, 3.05) is 7.05 Å². The van der Waals surface area contributed by atoms with Crippen LogP contribution >= 0.6 is 0 Å². The highest BCUT2D eigenvalue weighted by molar-refractivity contribution is 5.97. The maximum absolute atomic E-state index is 12.6. The van der Waals surface area contributed by atoms with Crippen LogP contribution in [0.4, 0.5) is 0 Å². The van der Waals surface area contributed by atoms with Gasteiger partial charge >= 0.3 is 0 Å². The maximum atomic E-state index is 12.6. The fraction of sp³-hybridized carbons (Fsp3) is 0.500. The van der Waals surface area contributed by atoms with E-state index in [-0.39, 0.29) is 17.2 Å². The molecule has 1 fully saturated rings. The van der Waals surface area contributed by atoms with Crippen LogP contribution in [0.2, 0.25) is 0 Å². The summed E-state index contributed by atoms with van der Waals surface area (Å²) < 4.78 is 0. The lowest BCUT2D eigenvalue weighted by molar-refractivity contribution is -0.140. The van der Waals surface area contributed by atoms with E-state index >= 15 is 0 Å². The molecule has 1 aliphatic rings. The molecule has 114 valence electrons. The lowest BCUT2D eigenvalue weighted by Crippen LogP contribution is -2.38. The molecule has 0 radical (unpaired) electrons. The molecule has 0 heterocycles. The van der Waals surface area contributed by atoms with Gasteiger partial charge in [-0.15, -0.1) is 0 Å². The van der Waals surface area contributed by atoms with Crippen molar-refractivity contribution in [1.29, 1.82) is 0 Å². The topological polar surface area (TPSA) is 78.9 Å². The van der Waals surface area contributed by atoms with E-state index in [9.17, 15) is 4.79 Å². The van der Waals surface area contributed by atoms with Crippen LogP contribution in [-0.4, -0.2) is 28.9 Å². The van der Waals surface area contributed by atoms with E-state index in [1.54, 1.807) is 11.0 Å². The summed E-state index contributed by atoms with van der Waals surface area (Å²) >= 11 is 0. The summed E-state index contributed by atoms with van der Waals surface area (Å²) in [5.74, 6) is 0.280.